The second-order valence-electron chi connectivity index (χ2n) is 1.68. The van der Waals surface area contributed by atoms with Gasteiger partial charge >= 0.3 is 0 Å². The first kappa shape index (κ1) is 4.10. The summed E-state index contributed by atoms with van der Waals surface area (Å²) in [6.07, 6.45) is 3.97. The van der Waals surface area contributed by atoms with Crippen molar-refractivity contribution < 1.29 is 4.39 Å². The number of hydrogen-bond acceptors (Lipinski definition) is 0. The average molecular weight is 87.1 g/mol. The Bertz CT molecular complexity index is 37.2. The summed E-state index contributed by atoms with van der Waals surface area (Å²) in [6.45, 7) is 0. The number of hydrogen-bond donors (Lipinski definition) is 0. The lowest BCUT2D eigenvalue weighted by Gasteiger charge is -1.86. The van der Waals surface area contributed by atoms with E-state index in [9.17, 15) is 4.39 Å². The minimum absolute atomic E-state index is 0.579. The van der Waals surface area contributed by atoms with Crippen LogP contribution in [0, 0.1) is 6.42 Å². The molecule has 1 rings (SSSR count). The molecule has 1 heteroatoms. The van der Waals surface area contributed by atoms with Gasteiger partial charge in [0.25, 0.3) is 0 Å². The molecule has 6 heavy (non-hydrogen) atoms. The van der Waals surface area contributed by atoms with Crippen LogP contribution >= 0.6 is 0 Å². The maximum atomic E-state index is 11.9. The van der Waals surface area contributed by atoms with Crippen LogP contribution in [0.2, 0.25) is 0 Å². The molecule has 0 N–H and O–H groups in total. The van der Waals surface area contributed by atoms with E-state index >= 15 is 0 Å². The van der Waals surface area contributed by atoms with Gasteiger partial charge in [0.05, 0.1) is 0 Å². The highest BCUT2D eigenvalue weighted by Crippen LogP contribution is 2.18. The number of halogens is 1. The van der Waals surface area contributed by atoms with Crippen molar-refractivity contribution in [2.75, 3.05) is 0 Å². The zero-order chi connectivity index (χ0) is 4.41. The van der Waals surface area contributed by atoms with Gasteiger partial charge in [-0.25, -0.2) is 4.39 Å². The van der Waals surface area contributed by atoms with E-state index in [0.29, 0.717) is 0 Å². The Hall–Kier alpha value is -0.0700. The third kappa shape index (κ3) is 0.703. The number of rotatable bonds is 0. The molecule has 0 amide bonds. The lowest BCUT2D eigenvalue weighted by molar-refractivity contribution is 0.386. The summed E-state index contributed by atoms with van der Waals surface area (Å²) in [5.74, 6) is 0. The quantitative estimate of drug-likeness (QED) is 0.422. The summed E-state index contributed by atoms with van der Waals surface area (Å²) in [7, 11) is 0. The predicted molar refractivity (Wildman–Crippen MR) is 23.0 cm³/mol. The molecule has 0 aromatic carbocycles. The Labute approximate surface area is 37.4 Å². The lowest BCUT2D eigenvalue weighted by atomic mass is 10.3. The van der Waals surface area contributed by atoms with Crippen molar-refractivity contribution in [1.82, 2.24) is 0 Å². The van der Waals surface area contributed by atoms with Crippen LogP contribution < -0.4 is 0 Å². The molecule has 1 fully saturated rings. The van der Waals surface area contributed by atoms with Crippen molar-refractivity contribution in [1.29, 1.82) is 0 Å². The van der Waals surface area contributed by atoms with Crippen LogP contribution in [-0.2, 0) is 0 Å². The van der Waals surface area contributed by atoms with Crippen LogP contribution in [0.3, 0.4) is 0 Å². The monoisotopic (exact) mass is 87.1 g/mol. The van der Waals surface area contributed by atoms with E-state index in [1.807, 2.05) is 0 Å². The van der Waals surface area contributed by atoms with Gasteiger partial charge in [-0.15, -0.1) is 0 Å². The molecule has 1 unspecified atom stereocenters. The highest BCUT2D eigenvalue weighted by molar-refractivity contribution is 4.82. The molecule has 1 atom stereocenters. The maximum Gasteiger partial charge on any atom is 0.103 e. The molecule has 0 nitrogen and oxygen atoms in total. The molecule has 0 aromatic heterocycles. The standard InChI is InChI=1S/C5H8F/c6-5-3-1-2-4-5/h3,5H,1-2,4H2. The van der Waals surface area contributed by atoms with Crippen molar-refractivity contribution in [2.45, 2.75) is 25.4 Å². The molecule has 0 saturated heterocycles. The lowest BCUT2D eigenvalue weighted by Crippen LogP contribution is -1.86. The van der Waals surface area contributed by atoms with Crippen molar-refractivity contribution in [2.24, 2.45) is 0 Å². The molecule has 0 aliphatic heterocycles. The van der Waals surface area contributed by atoms with E-state index in [-0.39, 0.29) is 0 Å². The van der Waals surface area contributed by atoms with E-state index in [1.54, 1.807) is 6.42 Å². The Morgan fingerprint density at radius 1 is 1.67 bits per heavy atom. The van der Waals surface area contributed by atoms with E-state index in [4.69, 9.17) is 0 Å². The van der Waals surface area contributed by atoms with Crippen LogP contribution in [0.1, 0.15) is 19.3 Å². The van der Waals surface area contributed by atoms with Crippen LogP contribution in [0.15, 0.2) is 0 Å². The third-order valence-electron chi connectivity index (χ3n) is 1.11. The van der Waals surface area contributed by atoms with Crippen molar-refractivity contribution in [3.8, 4) is 0 Å². The van der Waals surface area contributed by atoms with Gasteiger partial charge in [0.2, 0.25) is 0 Å². The van der Waals surface area contributed by atoms with Gasteiger partial charge in [-0.3, -0.25) is 0 Å². The minimum atomic E-state index is -0.579. The Morgan fingerprint density at radius 3 is 2.67 bits per heavy atom. The Balaban J connectivity index is 2.18. The van der Waals surface area contributed by atoms with Crippen LogP contribution in [-0.4, -0.2) is 6.17 Å². The summed E-state index contributed by atoms with van der Waals surface area (Å²) in [4.78, 5) is 0. The first-order valence-corrected chi connectivity index (χ1v) is 2.37. The molecule has 0 aromatic rings. The molecule has 1 saturated carbocycles. The second kappa shape index (κ2) is 1.59. The summed E-state index contributed by atoms with van der Waals surface area (Å²) >= 11 is 0. The van der Waals surface area contributed by atoms with Crippen molar-refractivity contribution >= 4 is 0 Å². The molecular weight excluding hydrogens is 79.1 g/mol. The fraction of sp³-hybridized carbons (Fsp3) is 0.800. The van der Waals surface area contributed by atoms with Crippen LogP contribution in [0.25, 0.3) is 0 Å². The van der Waals surface area contributed by atoms with Gasteiger partial charge in [-0.1, -0.05) is 6.42 Å². The second-order valence-corrected chi connectivity index (χ2v) is 1.68. The molecule has 35 valence electrons. The van der Waals surface area contributed by atoms with Crippen LogP contribution in [0.4, 0.5) is 4.39 Å². The zero-order valence-electron chi connectivity index (χ0n) is 3.65. The molecule has 0 spiro atoms. The molecule has 0 bridgehead atoms. The highest BCUT2D eigenvalue weighted by Gasteiger charge is 2.11. The normalized spacial score (nSPS) is 25.5. The van der Waals surface area contributed by atoms with Gasteiger partial charge in [-0.2, -0.15) is 0 Å². The molecular formula is C5H8F. The van der Waals surface area contributed by atoms with Gasteiger partial charge in [-0.05, 0) is 19.3 Å². The average Bonchev–Trinajstić information content (AvgIpc) is 1.86. The van der Waals surface area contributed by atoms with Crippen LogP contribution in [0.5, 0.6) is 0 Å². The molecule has 0 heterocycles. The van der Waals surface area contributed by atoms with Gasteiger partial charge in [0.1, 0.15) is 6.17 Å². The first-order chi connectivity index (χ1) is 2.89. The predicted octanol–water partition coefficient (Wildman–Crippen LogP) is 1.71. The van der Waals surface area contributed by atoms with E-state index in [0.717, 1.165) is 19.3 Å². The fourth-order valence-corrected chi connectivity index (χ4v) is 0.729. The zero-order valence-corrected chi connectivity index (χ0v) is 3.65. The molecule has 1 aliphatic rings. The van der Waals surface area contributed by atoms with E-state index < -0.39 is 6.17 Å². The van der Waals surface area contributed by atoms with Gasteiger partial charge in [0, 0.05) is 0 Å². The van der Waals surface area contributed by atoms with Gasteiger partial charge in [0.15, 0.2) is 0 Å². The fourth-order valence-electron chi connectivity index (χ4n) is 0.729. The topological polar surface area (TPSA) is 0 Å². The smallest absolute Gasteiger partial charge is 0.103 e. The SMILES string of the molecule is FC1[CH]CCC1. The minimum Gasteiger partial charge on any atom is -0.247 e. The maximum absolute atomic E-state index is 11.9. The Morgan fingerprint density at radius 2 is 2.50 bits per heavy atom. The molecule has 1 radical (unpaired) electrons. The summed E-state index contributed by atoms with van der Waals surface area (Å²) < 4.78 is 11.9. The Kier molecular flexibility index (Phi) is 1.08. The summed E-state index contributed by atoms with van der Waals surface area (Å²) in [5.41, 5.74) is 0. The highest BCUT2D eigenvalue weighted by atomic mass is 19.1. The van der Waals surface area contributed by atoms with Crippen molar-refractivity contribution in [3.05, 3.63) is 6.42 Å². The van der Waals surface area contributed by atoms with Gasteiger partial charge < -0.3 is 0 Å². The largest absolute Gasteiger partial charge is 0.247 e. The number of alkyl halides is 1. The summed E-state index contributed by atoms with van der Waals surface area (Å²) in [6, 6.07) is 0. The first-order valence-electron chi connectivity index (χ1n) is 2.37. The van der Waals surface area contributed by atoms with E-state index in [1.165, 1.54) is 0 Å². The van der Waals surface area contributed by atoms with E-state index in [2.05, 4.69) is 0 Å². The molecule has 1 aliphatic carbocycles. The summed E-state index contributed by atoms with van der Waals surface area (Å²) in [5, 5.41) is 0. The van der Waals surface area contributed by atoms with Crippen molar-refractivity contribution in [3.63, 3.8) is 0 Å². The third-order valence-corrected chi connectivity index (χ3v) is 1.11.